The molecule has 3 N–H and O–H groups in total. The maximum Gasteiger partial charge on any atom is 0.253 e. The van der Waals surface area contributed by atoms with E-state index in [0.29, 0.717) is 17.7 Å². The molecule has 5 rings (SSSR count). The van der Waals surface area contributed by atoms with Crippen molar-refractivity contribution in [1.82, 2.24) is 4.57 Å². The zero-order valence-corrected chi connectivity index (χ0v) is 17.4. The second-order valence-corrected chi connectivity index (χ2v) is 8.65. The van der Waals surface area contributed by atoms with Crippen molar-refractivity contribution in [3.63, 3.8) is 0 Å². The van der Waals surface area contributed by atoms with Gasteiger partial charge in [0, 0.05) is 29.1 Å². The summed E-state index contributed by atoms with van der Waals surface area (Å²) >= 11 is 0. The Morgan fingerprint density at radius 3 is 2.61 bits per heavy atom. The Labute approximate surface area is 180 Å². The minimum atomic E-state index is -0.777. The molecule has 1 saturated carbocycles. The van der Waals surface area contributed by atoms with Gasteiger partial charge in [-0.15, -0.1) is 0 Å². The molecule has 0 radical (unpaired) electrons. The molecule has 5 nitrogen and oxygen atoms in total. The lowest BCUT2D eigenvalue weighted by molar-refractivity contribution is 0.0889. The number of nitrogens with two attached hydrogens (primary N) is 1. The fraction of sp³-hybridized carbons (Fsp3) is 0.360. The fourth-order valence-corrected chi connectivity index (χ4v) is 5.24. The highest BCUT2D eigenvalue weighted by atomic mass is 19.1. The second-order valence-electron chi connectivity index (χ2n) is 8.65. The highest BCUT2D eigenvalue weighted by molar-refractivity contribution is 6.06. The number of hydrogen-bond donors (Lipinski definition) is 2. The molecule has 3 aromatic rings. The number of carbonyl (C=O) groups is 2. The number of nitrogens with zero attached hydrogens (tertiary/aromatic N) is 1. The maximum atomic E-state index is 15.2. The Morgan fingerprint density at radius 2 is 1.84 bits per heavy atom. The average molecular weight is 420 g/mol. The van der Waals surface area contributed by atoms with Gasteiger partial charge < -0.3 is 11.1 Å². The third-order valence-corrected chi connectivity index (χ3v) is 6.62. The number of amides is 1. The predicted molar refractivity (Wildman–Crippen MR) is 120 cm³/mol. The quantitative estimate of drug-likeness (QED) is 0.605. The van der Waals surface area contributed by atoms with Crippen molar-refractivity contribution in [2.45, 2.75) is 57.4 Å². The third kappa shape index (κ3) is 3.40. The highest BCUT2D eigenvalue weighted by Gasteiger charge is 2.27. The number of hydrogen-bond acceptors (Lipinski definition) is 3. The van der Waals surface area contributed by atoms with Crippen LogP contribution >= 0.6 is 0 Å². The van der Waals surface area contributed by atoms with Crippen molar-refractivity contribution in [1.29, 1.82) is 0 Å². The molecule has 1 amide bonds. The van der Waals surface area contributed by atoms with Gasteiger partial charge in [-0.05, 0) is 49.4 Å². The number of primary amides is 1. The van der Waals surface area contributed by atoms with Crippen LogP contribution in [0.4, 0.5) is 10.1 Å². The van der Waals surface area contributed by atoms with E-state index >= 15 is 4.39 Å². The number of carbonyl (C=O) groups excluding carboxylic acids is 2. The summed E-state index contributed by atoms with van der Waals surface area (Å²) in [7, 11) is 0. The van der Waals surface area contributed by atoms with Crippen LogP contribution in [-0.4, -0.2) is 22.4 Å². The topological polar surface area (TPSA) is 77.1 Å². The first-order valence-electron chi connectivity index (χ1n) is 11.1. The molecular weight excluding hydrogens is 393 g/mol. The van der Waals surface area contributed by atoms with Gasteiger partial charge in [-0.3, -0.25) is 14.2 Å². The molecule has 2 aliphatic rings. The molecule has 0 bridgehead atoms. The molecule has 6 heteroatoms. The standard InChI is InChI=1S/C25H26FN3O2/c26-18-13-15(14-19(24(18)25(27)31)28-16-7-2-1-3-8-16)23-17-9-4-5-10-20(17)29-21(23)11-6-12-22(29)30/h4-5,9-10,13-14,16,28H,1-3,6-8,11-12H2,(H2,27,31). The summed E-state index contributed by atoms with van der Waals surface area (Å²) in [5.74, 6) is -1.34. The van der Waals surface area contributed by atoms with Gasteiger partial charge in [0.25, 0.3) is 5.91 Å². The lowest BCUT2D eigenvalue weighted by Crippen LogP contribution is -2.25. The minimum absolute atomic E-state index is 0.0680. The molecule has 1 aromatic heterocycles. The SMILES string of the molecule is NC(=O)c1c(F)cc(-c2c3n(c4ccccc24)C(=O)CCC3)cc1NC1CCCCC1. The van der Waals surface area contributed by atoms with Gasteiger partial charge in [0.1, 0.15) is 5.82 Å². The average Bonchev–Trinajstić information content (AvgIpc) is 3.09. The van der Waals surface area contributed by atoms with Crippen LogP contribution in [0.1, 0.15) is 65.8 Å². The van der Waals surface area contributed by atoms with E-state index in [1.54, 1.807) is 4.57 Å². The normalized spacial score (nSPS) is 17.0. The second kappa shape index (κ2) is 7.84. The molecule has 1 aliphatic heterocycles. The van der Waals surface area contributed by atoms with Gasteiger partial charge >= 0.3 is 0 Å². The van der Waals surface area contributed by atoms with E-state index in [1.165, 1.54) is 12.5 Å². The first-order chi connectivity index (χ1) is 15.0. The molecule has 0 spiro atoms. The van der Waals surface area contributed by atoms with Crippen molar-refractivity contribution in [2.24, 2.45) is 5.73 Å². The Kier molecular flexibility index (Phi) is 5.00. The van der Waals surface area contributed by atoms with Gasteiger partial charge in [-0.2, -0.15) is 0 Å². The molecule has 0 atom stereocenters. The van der Waals surface area contributed by atoms with Gasteiger partial charge in [-0.25, -0.2) is 4.39 Å². The zero-order chi connectivity index (χ0) is 21.5. The van der Waals surface area contributed by atoms with Crippen LogP contribution in [-0.2, 0) is 6.42 Å². The molecule has 2 heterocycles. The number of rotatable bonds is 4. The van der Waals surface area contributed by atoms with Crippen LogP contribution in [0, 0.1) is 5.82 Å². The van der Waals surface area contributed by atoms with E-state index in [1.807, 2.05) is 30.3 Å². The first-order valence-corrected chi connectivity index (χ1v) is 11.1. The van der Waals surface area contributed by atoms with Crippen molar-refractivity contribution in [2.75, 3.05) is 5.32 Å². The summed E-state index contributed by atoms with van der Waals surface area (Å²) in [5, 5.41) is 4.32. The number of fused-ring (bicyclic) bond motifs is 3. The number of nitrogens with one attached hydrogen (secondary N) is 1. The number of aromatic nitrogens is 1. The summed E-state index contributed by atoms with van der Waals surface area (Å²) in [6, 6.07) is 11.2. The van der Waals surface area contributed by atoms with Crippen LogP contribution in [0.25, 0.3) is 22.0 Å². The summed E-state index contributed by atoms with van der Waals surface area (Å²) in [4.78, 5) is 24.8. The zero-order valence-electron chi connectivity index (χ0n) is 17.4. The van der Waals surface area contributed by atoms with E-state index < -0.39 is 11.7 Å². The van der Waals surface area contributed by atoms with Crippen molar-refractivity contribution in [3.05, 3.63) is 53.5 Å². The predicted octanol–water partition coefficient (Wildman–Crippen LogP) is 5.27. The number of para-hydroxylation sites is 1. The van der Waals surface area contributed by atoms with E-state index in [9.17, 15) is 9.59 Å². The Morgan fingerprint density at radius 1 is 1.06 bits per heavy atom. The summed E-state index contributed by atoms with van der Waals surface area (Å²) in [6.07, 6.45) is 7.45. The van der Waals surface area contributed by atoms with Crippen LogP contribution < -0.4 is 11.1 Å². The minimum Gasteiger partial charge on any atom is -0.382 e. The van der Waals surface area contributed by atoms with Crippen LogP contribution in [0.5, 0.6) is 0 Å². The first kappa shape index (κ1) is 19.8. The van der Waals surface area contributed by atoms with Gasteiger partial charge in [0.05, 0.1) is 16.8 Å². The lowest BCUT2D eigenvalue weighted by atomic mass is 9.93. The Hall–Kier alpha value is -3.15. The van der Waals surface area contributed by atoms with Crippen LogP contribution in [0.2, 0.25) is 0 Å². The van der Waals surface area contributed by atoms with E-state index in [4.69, 9.17) is 5.73 Å². The van der Waals surface area contributed by atoms with Crippen molar-refractivity contribution in [3.8, 4) is 11.1 Å². The van der Waals surface area contributed by atoms with Crippen molar-refractivity contribution >= 4 is 28.4 Å². The van der Waals surface area contributed by atoms with Gasteiger partial charge in [-0.1, -0.05) is 37.5 Å². The third-order valence-electron chi connectivity index (χ3n) is 6.62. The smallest absolute Gasteiger partial charge is 0.253 e. The largest absolute Gasteiger partial charge is 0.382 e. The number of anilines is 1. The van der Waals surface area contributed by atoms with E-state index in [2.05, 4.69) is 5.32 Å². The fourth-order valence-electron chi connectivity index (χ4n) is 5.24. The maximum absolute atomic E-state index is 15.2. The lowest BCUT2D eigenvalue weighted by Gasteiger charge is -2.25. The van der Waals surface area contributed by atoms with E-state index in [0.717, 1.165) is 60.7 Å². The molecule has 1 aliphatic carbocycles. The van der Waals surface area contributed by atoms with E-state index in [-0.39, 0.29) is 17.5 Å². The summed E-state index contributed by atoms with van der Waals surface area (Å²) < 4.78 is 17.0. The van der Waals surface area contributed by atoms with Crippen LogP contribution in [0.15, 0.2) is 36.4 Å². The monoisotopic (exact) mass is 419 g/mol. The molecule has 2 aromatic carbocycles. The highest BCUT2D eigenvalue weighted by Crippen LogP contribution is 2.40. The van der Waals surface area contributed by atoms with Gasteiger partial charge in [0.2, 0.25) is 5.91 Å². The number of benzene rings is 2. The molecule has 160 valence electrons. The van der Waals surface area contributed by atoms with Crippen molar-refractivity contribution < 1.29 is 14.0 Å². The molecule has 31 heavy (non-hydrogen) atoms. The van der Waals surface area contributed by atoms with Gasteiger partial charge in [0.15, 0.2) is 0 Å². The Bertz CT molecular complexity index is 1190. The molecule has 0 unspecified atom stereocenters. The summed E-state index contributed by atoms with van der Waals surface area (Å²) in [5.41, 5.74) is 9.18. The molecule has 1 fully saturated rings. The van der Waals surface area contributed by atoms with Crippen LogP contribution in [0.3, 0.4) is 0 Å². The summed E-state index contributed by atoms with van der Waals surface area (Å²) in [6.45, 7) is 0. The Balaban J connectivity index is 1.70. The number of halogens is 1. The molecular formula is C25H26FN3O2. The molecule has 0 saturated heterocycles.